The van der Waals surface area contributed by atoms with Gasteiger partial charge in [-0.2, -0.15) is 0 Å². The summed E-state index contributed by atoms with van der Waals surface area (Å²) in [6.45, 7) is 1.20. The van der Waals surface area contributed by atoms with E-state index in [2.05, 4.69) is 5.32 Å². The van der Waals surface area contributed by atoms with Gasteiger partial charge in [-0.3, -0.25) is 4.79 Å². The third-order valence-corrected chi connectivity index (χ3v) is 4.02. The molecule has 3 nitrogen and oxygen atoms in total. The first kappa shape index (κ1) is 14.0. The normalized spacial score (nSPS) is 16.1. The topological polar surface area (TPSA) is 38.3 Å². The fourth-order valence-electron chi connectivity index (χ4n) is 2.51. The summed E-state index contributed by atoms with van der Waals surface area (Å²) < 4.78 is 5.61. The van der Waals surface area contributed by atoms with E-state index in [0.29, 0.717) is 24.6 Å². The van der Waals surface area contributed by atoms with Gasteiger partial charge in [-0.25, -0.2) is 0 Å². The molecule has 1 amide bonds. The van der Waals surface area contributed by atoms with E-state index < -0.39 is 0 Å². The molecule has 0 saturated carbocycles. The smallest absolute Gasteiger partial charge is 0.224 e. The van der Waals surface area contributed by atoms with Crippen LogP contribution >= 0.6 is 11.6 Å². The first-order valence-corrected chi connectivity index (χ1v) is 7.33. The number of nitrogens with one attached hydrogen (secondary N) is 1. The highest BCUT2D eigenvalue weighted by atomic mass is 35.5. The minimum Gasteiger partial charge on any atom is -0.493 e. The highest BCUT2D eigenvalue weighted by molar-refractivity contribution is 6.31. The molecular weight excluding hydrogens is 286 g/mol. The summed E-state index contributed by atoms with van der Waals surface area (Å²) in [7, 11) is 0. The van der Waals surface area contributed by atoms with E-state index in [0.717, 1.165) is 16.9 Å². The number of para-hydroxylation sites is 1. The molecule has 0 spiro atoms. The lowest BCUT2D eigenvalue weighted by atomic mass is 10.0. The van der Waals surface area contributed by atoms with E-state index >= 15 is 0 Å². The molecule has 21 heavy (non-hydrogen) atoms. The van der Waals surface area contributed by atoms with E-state index in [9.17, 15) is 4.79 Å². The standard InChI is InChI=1S/C17H16ClNO2/c18-15-7-3-1-5-12(15)9-17(20)19-10-13-11-21-16-8-4-2-6-14(13)16/h1-8,13H,9-11H2,(H,19,20)/t13-/m0/s1. The Morgan fingerprint density at radius 1 is 1.19 bits per heavy atom. The Hall–Kier alpha value is -2.00. The zero-order valence-electron chi connectivity index (χ0n) is 11.5. The second-order valence-corrected chi connectivity index (χ2v) is 5.53. The third kappa shape index (κ3) is 3.19. The van der Waals surface area contributed by atoms with Gasteiger partial charge >= 0.3 is 0 Å². The van der Waals surface area contributed by atoms with Gasteiger partial charge in [-0.1, -0.05) is 48.0 Å². The van der Waals surface area contributed by atoms with Crippen molar-refractivity contribution in [1.82, 2.24) is 5.32 Å². The molecule has 0 aliphatic carbocycles. The van der Waals surface area contributed by atoms with Crippen molar-refractivity contribution in [1.29, 1.82) is 0 Å². The minimum atomic E-state index is -0.0209. The van der Waals surface area contributed by atoms with Crippen molar-refractivity contribution in [2.75, 3.05) is 13.2 Å². The van der Waals surface area contributed by atoms with Gasteiger partial charge in [0.2, 0.25) is 5.91 Å². The molecule has 0 saturated heterocycles. The SMILES string of the molecule is O=C(Cc1ccccc1Cl)NC[C@H]1COc2ccccc21. The van der Waals surface area contributed by atoms with Crippen molar-refractivity contribution < 1.29 is 9.53 Å². The average molecular weight is 302 g/mol. The van der Waals surface area contributed by atoms with Crippen molar-refractivity contribution in [3.8, 4) is 5.75 Å². The Bertz CT molecular complexity index is 657. The fourth-order valence-corrected chi connectivity index (χ4v) is 2.72. The first-order valence-electron chi connectivity index (χ1n) is 6.96. The lowest BCUT2D eigenvalue weighted by Gasteiger charge is -2.11. The first-order chi connectivity index (χ1) is 10.2. The zero-order chi connectivity index (χ0) is 14.7. The van der Waals surface area contributed by atoms with Crippen LogP contribution in [0.4, 0.5) is 0 Å². The largest absolute Gasteiger partial charge is 0.493 e. The number of carbonyl (C=O) groups excluding carboxylic acids is 1. The molecule has 2 aromatic carbocycles. The molecule has 1 aliphatic rings. The molecule has 1 heterocycles. The van der Waals surface area contributed by atoms with Gasteiger partial charge < -0.3 is 10.1 Å². The molecule has 2 aromatic rings. The minimum absolute atomic E-state index is 0.0209. The Labute approximate surface area is 128 Å². The summed E-state index contributed by atoms with van der Waals surface area (Å²) in [4.78, 5) is 12.0. The van der Waals surface area contributed by atoms with Gasteiger partial charge in [0, 0.05) is 23.0 Å². The molecule has 108 valence electrons. The highest BCUT2D eigenvalue weighted by Crippen LogP contribution is 2.32. The predicted molar refractivity (Wildman–Crippen MR) is 82.8 cm³/mol. The van der Waals surface area contributed by atoms with Crippen LogP contribution in [-0.2, 0) is 11.2 Å². The summed E-state index contributed by atoms with van der Waals surface area (Å²) in [5.74, 6) is 1.12. The van der Waals surface area contributed by atoms with Gasteiger partial charge in [0.1, 0.15) is 5.75 Å². The molecule has 4 heteroatoms. The van der Waals surface area contributed by atoms with Crippen LogP contribution in [-0.4, -0.2) is 19.1 Å². The number of hydrogen-bond acceptors (Lipinski definition) is 2. The number of fused-ring (bicyclic) bond motifs is 1. The van der Waals surface area contributed by atoms with Gasteiger partial charge in [-0.05, 0) is 17.7 Å². The van der Waals surface area contributed by atoms with Gasteiger partial charge in [-0.15, -0.1) is 0 Å². The number of carbonyl (C=O) groups is 1. The lowest BCUT2D eigenvalue weighted by molar-refractivity contribution is -0.120. The summed E-state index contributed by atoms with van der Waals surface area (Å²) in [6.07, 6.45) is 0.300. The van der Waals surface area contributed by atoms with Crippen LogP contribution in [0.5, 0.6) is 5.75 Å². The van der Waals surface area contributed by atoms with Crippen molar-refractivity contribution in [2.45, 2.75) is 12.3 Å². The van der Waals surface area contributed by atoms with E-state index in [1.807, 2.05) is 42.5 Å². The van der Waals surface area contributed by atoms with Gasteiger partial charge in [0.05, 0.1) is 13.0 Å². The van der Waals surface area contributed by atoms with Crippen LogP contribution in [0.15, 0.2) is 48.5 Å². The van der Waals surface area contributed by atoms with Crippen LogP contribution in [0.2, 0.25) is 5.02 Å². The maximum absolute atomic E-state index is 12.0. The molecule has 0 unspecified atom stereocenters. The van der Waals surface area contributed by atoms with Crippen LogP contribution in [0, 0.1) is 0 Å². The van der Waals surface area contributed by atoms with Crippen molar-refractivity contribution in [3.63, 3.8) is 0 Å². The maximum atomic E-state index is 12.0. The summed E-state index contributed by atoms with van der Waals surface area (Å²) in [6, 6.07) is 15.4. The summed E-state index contributed by atoms with van der Waals surface area (Å²) in [5.41, 5.74) is 2.01. The third-order valence-electron chi connectivity index (χ3n) is 3.65. The molecular formula is C17H16ClNO2. The second-order valence-electron chi connectivity index (χ2n) is 5.12. The summed E-state index contributed by atoms with van der Waals surface area (Å²) in [5, 5.41) is 3.59. The molecule has 1 aliphatic heterocycles. The number of halogens is 1. The zero-order valence-corrected chi connectivity index (χ0v) is 12.3. The number of benzene rings is 2. The molecule has 3 rings (SSSR count). The molecule has 0 fully saturated rings. The van der Waals surface area contributed by atoms with Crippen molar-refractivity contribution in [3.05, 3.63) is 64.7 Å². The number of amides is 1. The quantitative estimate of drug-likeness (QED) is 0.942. The Morgan fingerprint density at radius 2 is 1.95 bits per heavy atom. The lowest BCUT2D eigenvalue weighted by Crippen LogP contribution is -2.30. The fraction of sp³-hybridized carbons (Fsp3) is 0.235. The highest BCUT2D eigenvalue weighted by Gasteiger charge is 2.23. The number of ether oxygens (including phenoxy) is 1. The molecule has 1 atom stereocenters. The predicted octanol–water partition coefficient (Wildman–Crippen LogP) is 3.17. The van der Waals surface area contributed by atoms with Crippen LogP contribution in [0.1, 0.15) is 17.0 Å². The summed E-state index contributed by atoms with van der Waals surface area (Å²) >= 11 is 6.06. The Morgan fingerprint density at radius 3 is 2.81 bits per heavy atom. The monoisotopic (exact) mass is 301 g/mol. The average Bonchev–Trinajstić information content (AvgIpc) is 2.91. The van der Waals surface area contributed by atoms with Crippen LogP contribution in [0.3, 0.4) is 0 Å². The van der Waals surface area contributed by atoms with E-state index in [-0.39, 0.29) is 11.8 Å². The molecule has 1 N–H and O–H groups in total. The Balaban J connectivity index is 1.57. The molecule has 0 radical (unpaired) electrons. The maximum Gasteiger partial charge on any atom is 0.224 e. The molecule has 0 aromatic heterocycles. The number of rotatable bonds is 4. The number of hydrogen-bond donors (Lipinski definition) is 1. The van der Waals surface area contributed by atoms with Crippen LogP contribution in [0.25, 0.3) is 0 Å². The van der Waals surface area contributed by atoms with Crippen molar-refractivity contribution in [2.24, 2.45) is 0 Å². The Kier molecular flexibility index (Phi) is 4.11. The van der Waals surface area contributed by atoms with E-state index in [4.69, 9.17) is 16.3 Å². The molecule has 0 bridgehead atoms. The van der Waals surface area contributed by atoms with E-state index in [1.54, 1.807) is 6.07 Å². The van der Waals surface area contributed by atoms with Gasteiger partial charge in [0.15, 0.2) is 0 Å². The van der Waals surface area contributed by atoms with Crippen LogP contribution < -0.4 is 10.1 Å². The van der Waals surface area contributed by atoms with Gasteiger partial charge in [0.25, 0.3) is 0 Å². The van der Waals surface area contributed by atoms with E-state index in [1.165, 1.54) is 0 Å². The second kappa shape index (κ2) is 6.19. The van der Waals surface area contributed by atoms with Crippen molar-refractivity contribution >= 4 is 17.5 Å².